The molecule has 2 aliphatic heterocycles. The minimum absolute atomic E-state index is 0.0348. The molecule has 16 heavy (non-hydrogen) atoms. The van der Waals surface area contributed by atoms with Crippen molar-refractivity contribution in [2.45, 2.75) is 57.9 Å². The van der Waals surface area contributed by atoms with Crippen molar-refractivity contribution in [3.05, 3.63) is 0 Å². The summed E-state index contributed by atoms with van der Waals surface area (Å²) in [5, 5.41) is 3.28. The molecule has 3 heteroatoms. The minimum Gasteiger partial charge on any atom is -0.381 e. The van der Waals surface area contributed by atoms with Crippen LogP contribution >= 0.6 is 0 Å². The third kappa shape index (κ3) is 1.65. The summed E-state index contributed by atoms with van der Waals surface area (Å²) in [6, 6.07) is 0. The molecule has 0 radical (unpaired) electrons. The summed E-state index contributed by atoms with van der Waals surface area (Å²) in [6.07, 6.45) is 6.11. The molecule has 0 aromatic rings. The van der Waals surface area contributed by atoms with Crippen LogP contribution in [0.3, 0.4) is 0 Å². The number of carbonyl (C=O) groups is 1. The highest BCUT2D eigenvalue weighted by atomic mass is 16.5. The van der Waals surface area contributed by atoms with Crippen molar-refractivity contribution >= 4 is 5.91 Å². The molecule has 2 fully saturated rings. The van der Waals surface area contributed by atoms with Gasteiger partial charge in [0.1, 0.15) is 0 Å². The van der Waals surface area contributed by atoms with Crippen LogP contribution in [0.4, 0.5) is 0 Å². The van der Waals surface area contributed by atoms with Gasteiger partial charge in [-0.1, -0.05) is 20.3 Å². The summed E-state index contributed by atoms with van der Waals surface area (Å²) in [4.78, 5) is 11.8. The lowest BCUT2D eigenvalue weighted by molar-refractivity contribution is -0.120. The summed E-state index contributed by atoms with van der Waals surface area (Å²) in [7, 11) is 0. The molecule has 1 spiro atoms. The molecule has 1 atom stereocenters. The maximum absolute atomic E-state index is 11.8. The van der Waals surface area contributed by atoms with Crippen LogP contribution in [-0.2, 0) is 9.53 Å². The van der Waals surface area contributed by atoms with E-state index in [1.165, 1.54) is 0 Å². The largest absolute Gasteiger partial charge is 0.381 e. The SMILES string of the molecule is CCCC1(CC)CC(=O)NC12CCOCC2. The number of nitrogens with one attached hydrogen (secondary N) is 1. The Labute approximate surface area is 97.9 Å². The summed E-state index contributed by atoms with van der Waals surface area (Å²) >= 11 is 0. The quantitative estimate of drug-likeness (QED) is 0.800. The van der Waals surface area contributed by atoms with Crippen LogP contribution in [0, 0.1) is 5.41 Å². The average Bonchev–Trinajstić information content (AvgIpc) is 2.53. The highest BCUT2D eigenvalue weighted by Gasteiger charge is 2.56. The van der Waals surface area contributed by atoms with E-state index in [1.54, 1.807) is 0 Å². The van der Waals surface area contributed by atoms with Gasteiger partial charge in [-0.25, -0.2) is 0 Å². The highest BCUT2D eigenvalue weighted by molar-refractivity contribution is 5.81. The molecule has 1 amide bonds. The average molecular weight is 225 g/mol. The van der Waals surface area contributed by atoms with Gasteiger partial charge in [-0.2, -0.15) is 0 Å². The van der Waals surface area contributed by atoms with Crippen molar-refractivity contribution in [2.24, 2.45) is 5.41 Å². The van der Waals surface area contributed by atoms with Crippen molar-refractivity contribution in [1.29, 1.82) is 0 Å². The van der Waals surface area contributed by atoms with E-state index in [9.17, 15) is 4.79 Å². The van der Waals surface area contributed by atoms with Crippen LogP contribution in [0.2, 0.25) is 0 Å². The third-order valence-corrected chi connectivity index (χ3v) is 4.64. The summed E-state index contributed by atoms with van der Waals surface area (Å²) in [5.41, 5.74) is 0.218. The van der Waals surface area contributed by atoms with E-state index in [1.807, 2.05) is 0 Å². The van der Waals surface area contributed by atoms with E-state index in [4.69, 9.17) is 4.74 Å². The standard InChI is InChI=1S/C13H23NO2/c1-3-5-12(4-2)10-11(15)14-13(12)6-8-16-9-7-13/h3-10H2,1-2H3,(H,14,15). The Morgan fingerprint density at radius 2 is 2.00 bits per heavy atom. The molecule has 2 rings (SSSR count). The van der Waals surface area contributed by atoms with Gasteiger partial charge in [0.15, 0.2) is 0 Å². The topological polar surface area (TPSA) is 38.3 Å². The van der Waals surface area contributed by atoms with E-state index >= 15 is 0 Å². The molecule has 2 saturated heterocycles. The smallest absolute Gasteiger partial charge is 0.221 e. The maximum atomic E-state index is 11.8. The fourth-order valence-electron chi connectivity index (χ4n) is 3.74. The van der Waals surface area contributed by atoms with Gasteiger partial charge in [0.2, 0.25) is 5.91 Å². The van der Waals surface area contributed by atoms with Gasteiger partial charge in [-0.05, 0) is 25.7 Å². The zero-order valence-corrected chi connectivity index (χ0v) is 10.5. The van der Waals surface area contributed by atoms with Crippen LogP contribution in [0.15, 0.2) is 0 Å². The Morgan fingerprint density at radius 1 is 1.31 bits per heavy atom. The van der Waals surface area contributed by atoms with Gasteiger partial charge in [0.25, 0.3) is 0 Å². The Bertz CT molecular complexity index is 258. The van der Waals surface area contributed by atoms with Crippen molar-refractivity contribution in [3.8, 4) is 0 Å². The second-order valence-electron chi connectivity index (χ2n) is 5.30. The van der Waals surface area contributed by atoms with E-state index in [0.29, 0.717) is 0 Å². The predicted octanol–water partition coefficient (Wildman–Crippen LogP) is 2.25. The molecule has 0 aliphatic carbocycles. The van der Waals surface area contributed by atoms with Gasteiger partial charge in [-0.3, -0.25) is 4.79 Å². The Balaban J connectivity index is 2.28. The van der Waals surface area contributed by atoms with Crippen LogP contribution < -0.4 is 5.32 Å². The molecule has 92 valence electrons. The number of rotatable bonds is 3. The van der Waals surface area contributed by atoms with Gasteiger partial charge >= 0.3 is 0 Å². The fraction of sp³-hybridized carbons (Fsp3) is 0.923. The zero-order chi connectivity index (χ0) is 11.6. The molecule has 2 heterocycles. The van der Waals surface area contributed by atoms with Gasteiger partial charge in [0, 0.05) is 25.0 Å². The van der Waals surface area contributed by atoms with Crippen LogP contribution in [0.5, 0.6) is 0 Å². The maximum Gasteiger partial charge on any atom is 0.221 e. The van der Waals surface area contributed by atoms with Crippen molar-refractivity contribution in [3.63, 3.8) is 0 Å². The van der Waals surface area contributed by atoms with Crippen LogP contribution in [-0.4, -0.2) is 24.7 Å². The Morgan fingerprint density at radius 3 is 2.56 bits per heavy atom. The van der Waals surface area contributed by atoms with Crippen LogP contribution in [0.1, 0.15) is 52.4 Å². The number of hydrogen-bond donors (Lipinski definition) is 1. The van der Waals surface area contributed by atoms with E-state index < -0.39 is 0 Å². The first-order valence-corrected chi connectivity index (χ1v) is 6.57. The molecule has 2 aliphatic rings. The van der Waals surface area contributed by atoms with Gasteiger partial charge in [-0.15, -0.1) is 0 Å². The number of ether oxygens (including phenoxy) is 1. The molecule has 0 aromatic carbocycles. The molecule has 1 unspecified atom stereocenters. The predicted molar refractivity (Wildman–Crippen MR) is 63.2 cm³/mol. The van der Waals surface area contributed by atoms with E-state index in [2.05, 4.69) is 19.2 Å². The zero-order valence-electron chi connectivity index (χ0n) is 10.5. The monoisotopic (exact) mass is 225 g/mol. The molecular formula is C13H23NO2. The van der Waals surface area contributed by atoms with E-state index in [0.717, 1.165) is 51.7 Å². The number of carbonyl (C=O) groups excluding carboxylic acids is 1. The number of amides is 1. The van der Waals surface area contributed by atoms with Crippen molar-refractivity contribution < 1.29 is 9.53 Å². The molecule has 0 saturated carbocycles. The number of hydrogen-bond acceptors (Lipinski definition) is 2. The molecule has 3 nitrogen and oxygen atoms in total. The lowest BCUT2D eigenvalue weighted by atomic mass is 9.62. The van der Waals surface area contributed by atoms with E-state index in [-0.39, 0.29) is 16.9 Å². The second-order valence-corrected chi connectivity index (χ2v) is 5.30. The Kier molecular flexibility index (Phi) is 3.24. The molecule has 1 N–H and O–H groups in total. The molecule has 0 aromatic heterocycles. The second kappa shape index (κ2) is 4.36. The minimum atomic E-state index is 0.0348. The first-order valence-electron chi connectivity index (χ1n) is 6.57. The lowest BCUT2D eigenvalue weighted by Gasteiger charge is -2.47. The van der Waals surface area contributed by atoms with Gasteiger partial charge < -0.3 is 10.1 Å². The lowest BCUT2D eigenvalue weighted by Crippen LogP contribution is -2.55. The highest BCUT2D eigenvalue weighted by Crippen LogP contribution is 2.51. The third-order valence-electron chi connectivity index (χ3n) is 4.64. The normalized spacial score (nSPS) is 33.0. The fourth-order valence-corrected chi connectivity index (χ4v) is 3.74. The van der Waals surface area contributed by atoms with Crippen LogP contribution in [0.25, 0.3) is 0 Å². The first kappa shape index (κ1) is 11.9. The van der Waals surface area contributed by atoms with Crippen molar-refractivity contribution in [1.82, 2.24) is 5.32 Å². The summed E-state index contributed by atoms with van der Waals surface area (Å²) in [6.45, 7) is 6.04. The summed E-state index contributed by atoms with van der Waals surface area (Å²) < 4.78 is 5.46. The molecular weight excluding hydrogens is 202 g/mol. The van der Waals surface area contributed by atoms with Crippen molar-refractivity contribution in [2.75, 3.05) is 13.2 Å². The molecule has 0 bridgehead atoms. The first-order chi connectivity index (χ1) is 7.68. The van der Waals surface area contributed by atoms with Gasteiger partial charge in [0.05, 0.1) is 5.54 Å². The Hall–Kier alpha value is -0.570. The summed E-state index contributed by atoms with van der Waals surface area (Å²) in [5.74, 6) is 0.247.